The van der Waals surface area contributed by atoms with Gasteiger partial charge in [-0.15, -0.1) is 3.54 Å². The van der Waals surface area contributed by atoms with Crippen LogP contribution in [-0.4, -0.2) is 18.2 Å². The molecule has 11 heavy (non-hydrogen) atoms. The highest BCUT2D eigenvalue weighted by molar-refractivity contribution is 9.23. The van der Waals surface area contributed by atoms with Crippen LogP contribution in [0.15, 0.2) is 0 Å². The van der Waals surface area contributed by atoms with Crippen molar-refractivity contribution in [2.45, 2.75) is 48.5 Å². The van der Waals surface area contributed by atoms with E-state index in [4.69, 9.17) is 0 Å². The standard InChI is InChI=1S/C9H15.BrH.Mg/c1-2-8-4-6-9(3-1)7-5-8;;/h8H,1-7H2;1H;/q;;+1/p-1. The van der Waals surface area contributed by atoms with Crippen LogP contribution in [0.25, 0.3) is 0 Å². The molecule has 3 aliphatic rings. The molecule has 0 spiro atoms. The van der Waals surface area contributed by atoms with Gasteiger partial charge in [-0.3, -0.25) is 0 Å². The summed E-state index contributed by atoms with van der Waals surface area (Å²) in [6.45, 7) is 0. The van der Waals surface area contributed by atoms with Gasteiger partial charge in [0, 0.05) is 0 Å². The molecule has 0 unspecified atom stereocenters. The Morgan fingerprint density at radius 1 is 1.09 bits per heavy atom. The topological polar surface area (TPSA) is 0 Å². The third kappa shape index (κ3) is 1.78. The Hall–Kier alpha value is 1.25. The van der Waals surface area contributed by atoms with Crippen molar-refractivity contribution in [3.63, 3.8) is 0 Å². The summed E-state index contributed by atoms with van der Waals surface area (Å²) in [7, 11) is 0. The second-order valence-corrected chi connectivity index (χ2v) is 7.92. The second kappa shape index (κ2) is 3.55. The van der Waals surface area contributed by atoms with Crippen molar-refractivity contribution in [2.75, 3.05) is 0 Å². The van der Waals surface area contributed by atoms with Crippen molar-refractivity contribution < 1.29 is 0 Å². The quantitative estimate of drug-likeness (QED) is 0.601. The summed E-state index contributed by atoms with van der Waals surface area (Å²) in [5.41, 5.74) is 0. The Balaban J connectivity index is 2.10. The molecule has 0 aromatic carbocycles. The first-order valence-electron chi connectivity index (χ1n) is 4.91. The zero-order chi connectivity index (χ0) is 7.73. The molecule has 3 fully saturated rings. The predicted octanol–water partition coefficient (Wildman–Crippen LogP) is 3.53. The van der Waals surface area contributed by atoms with Crippen molar-refractivity contribution >= 4 is 31.1 Å². The average Bonchev–Trinajstić information content (AvgIpc) is 2.37. The average molecular weight is 227 g/mol. The van der Waals surface area contributed by atoms with Gasteiger partial charge in [-0.05, 0) is 5.92 Å². The van der Waals surface area contributed by atoms with E-state index in [-0.39, 0.29) is 18.2 Å². The minimum absolute atomic E-state index is 0.0895. The lowest BCUT2D eigenvalue weighted by Crippen LogP contribution is -2.20. The summed E-state index contributed by atoms with van der Waals surface area (Å²) >= 11 is 3.92. The van der Waals surface area contributed by atoms with Gasteiger partial charge in [-0.25, -0.2) is 0 Å². The maximum Gasteiger partial charge on any atom is 0.475 e. The van der Waals surface area contributed by atoms with Crippen LogP contribution in [0.1, 0.15) is 44.9 Å². The number of hydrogen-bond donors (Lipinski definition) is 0. The largest absolute Gasteiger partial charge is 0.475 e. The molecule has 0 aromatic rings. The molecule has 0 amide bonds. The fraction of sp³-hybridized carbons (Fsp3) is 1.00. The molecule has 0 radical (unpaired) electrons. The minimum Gasteiger partial charge on any atom is -0.306 e. The van der Waals surface area contributed by atoms with Crippen LogP contribution >= 0.6 is 12.9 Å². The summed E-state index contributed by atoms with van der Waals surface area (Å²) in [5.74, 6) is 1.12. The van der Waals surface area contributed by atoms with E-state index in [0.29, 0.717) is 0 Å². The summed E-state index contributed by atoms with van der Waals surface area (Å²) in [6, 6.07) is 0. The molecule has 2 bridgehead atoms. The van der Waals surface area contributed by atoms with Crippen LogP contribution < -0.4 is 0 Å². The van der Waals surface area contributed by atoms with E-state index in [9.17, 15) is 0 Å². The fourth-order valence-corrected chi connectivity index (χ4v) is 6.38. The van der Waals surface area contributed by atoms with Gasteiger partial charge in [0.15, 0.2) is 0 Å². The van der Waals surface area contributed by atoms with Crippen LogP contribution in [0.2, 0.25) is 3.54 Å². The molecular weight excluding hydrogens is 212 g/mol. The molecule has 3 aliphatic carbocycles. The molecular formula is C9H15BrMg. The van der Waals surface area contributed by atoms with Gasteiger partial charge in [-0.2, -0.15) is 0 Å². The molecule has 0 N–H and O–H groups in total. The smallest absolute Gasteiger partial charge is 0.306 e. The summed E-state index contributed by atoms with van der Waals surface area (Å²) < 4.78 is 0.868. The molecule has 2 heteroatoms. The van der Waals surface area contributed by atoms with Crippen molar-refractivity contribution in [3.8, 4) is 0 Å². The zero-order valence-electron chi connectivity index (χ0n) is 7.11. The minimum atomic E-state index is 0.0895. The highest BCUT2D eigenvalue weighted by atomic mass is 79.9. The Kier molecular flexibility index (Phi) is 2.85. The SMILES string of the molecule is [Br][Mg][C]12CCCC(CC1)CC2. The molecule has 0 heterocycles. The van der Waals surface area contributed by atoms with E-state index in [1.165, 1.54) is 6.42 Å². The summed E-state index contributed by atoms with van der Waals surface area (Å²) in [5, 5.41) is 0. The zero-order valence-corrected chi connectivity index (χ0v) is 10.1. The maximum absolute atomic E-state index is 3.83. The maximum atomic E-state index is 3.83. The highest BCUT2D eigenvalue weighted by Gasteiger charge is 2.37. The van der Waals surface area contributed by atoms with Gasteiger partial charge in [0.2, 0.25) is 0 Å². The second-order valence-electron chi connectivity index (χ2n) is 4.47. The van der Waals surface area contributed by atoms with E-state index in [0.717, 1.165) is 9.46 Å². The first-order valence-corrected chi connectivity index (χ1v) is 9.51. The molecule has 3 saturated carbocycles. The molecule has 0 atom stereocenters. The molecule has 60 valence electrons. The van der Waals surface area contributed by atoms with Crippen LogP contribution in [-0.2, 0) is 0 Å². The number of hydrogen-bond acceptors (Lipinski definition) is 0. The van der Waals surface area contributed by atoms with Gasteiger partial charge in [0.05, 0.1) is 0 Å². The number of halogens is 1. The van der Waals surface area contributed by atoms with E-state index >= 15 is 0 Å². The van der Waals surface area contributed by atoms with Crippen molar-refractivity contribution in [2.24, 2.45) is 5.92 Å². The van der Waals surface area contributed by atoms with Crippen molar-refractivity contribution in [3.05, 3.63) is 0 Å². The Bertz CT molecular complexity index is 133. The first-order chi connectivity index (χ1) is 5.35. The van der Waals surface area contributed by atoms with E-state index < -0.39 is 0 Å². The molecule has 0 aliphatic heterocycles. The van der Waals surface area contributed by atoms with Crippen LogP contribution in [0, 0.1) is 5.92 Å². The van der Waals surface area contributed by atoms with Gasteiger partial charge < -0.3 is 12.9 Å². The van der Waals surface area contributed by atoms with Gasteiger partial charge in [0.1, 0.15) is 0 Å². The Morgan fingerprint density at radius 2 is 1.82 bits per heavy atom. The summed E-state index contributed by atoms with van der Waals surface area (Å²) in [6.07, 6.45) is 10.9. The lowest BCUT2D eigenvalue weighted by Gasteiger charge is -2.35. The normalized spacial score (nSPS) is 43.2. The molecule has 3 rings (SSSR count). The Morgan fingerprint density at radius 3 is 2.45 bits per heavy atom. The van der Waals surface area contributed by atoms with Gasteiger partial charge >= 0.3 is 18.2 Å². The first kappa shape index (κ1) is 8.83. The fourth-order valence-electron chi connectivity index (χ4n) is 2.79. The molecule has 0 saturated heterocycles. The molecule has 0 nitrogen and oxygen atoms in total. The lowest BCUT2D eigenvalue weighted by atomic mass is 9.83. The van der Waals surface area contributed by atoms with Gasteiger partial charge in [0.25, 0.3) is 0 Å². The van der Waals surface area contributed by atoms with E-state index in [1.807, 2.05) is 0 Å². The van der Waals surface area contributed by atoms with E-state index in [1.54, 1.807) is 38.5 Å². The van der Waals surface area contributed by atoms with Crippen molar-refractivity contribution in [1.82, 2.24) is 0 Å². The predicted molar refractivity (Wildman–Crippen MR) is 53.2 cm³/mol. The number of fused-ring (bicyclic) bond motifs is 4. The van der Waals surface area contributed by atoms with E-state index in [2.05, 4.69) is 12.9 Å². The van der Waals surface area contributed by atoms with Crippen LogP contribution in [0.4, 0.5) is 0 Å². The van der Waals surface area contributed by atoms with Crippen molar-refractivity contribution in [1.29, 1.82) is 0 Å². The third-order valence-corrected chi connectivity index (χ3v) is 8.96. The highest BCUT2D eigenvalue weighted by Crippen LogP contribution is 2.53. The van der Waals surface area contributed by atoms with Gasteiger partial charge in [-0.1, -0.05) is 44.9 Å². The Labute approximate surface area is 85.1 Å². The third-order valence-electron chi connectivity index (χ3n) is 3.77. The van der Waals surface area contributed by atoms with Crippen LogP contribution in [0.3, 0.4) is 0 Å². The monoisotopic (exact) mass is 226 g/mol. The summed E-state index contributed by atoms with van der Waals surface area (Å²) in [4.78, 5) is 0. The lowest BCUT2D eigenvalue weighted by molar-refractivity contribution is 0.321. The molecule has 0 aromatic heterocycles. The van der Waals surface area contributed by atoms with Crippen LogP contribution in [0.5, 0.6) is 0 Å². The number of rotatable bonds is 1.